The molecule has 1 aromatic heterocycles. The summed E-state index contributed by atoms with van der Waals surface area (Å²) >= 11 is 1.37. The molecular weight excluding hydrogens is 390 g/mol. The number of nitrogens with zero attached hydrogens (tertiary/aromatic N) is 1. The number of methoxy groups -OCH3 is 2. The topological polar surface area (TPSA) is 89.6 Å². The highest BCUT2D eigenvalue weighted by molar-refractivity contribution is 8.00. The zero-order chi connectivity index (χ0) is 20.8. The maximum absolute atomic E-state index is 12.2. The van der Waals surface area contributed by atoms with Crippen molar-refractivity contribution in [2.24, 2.45) is 0 Å². The number of hydrogen-bond acceptors (Lipinski definition) is 6. The van der Waals surface area contributed by atoms with Crippen LogP contribution < -0.4 is 20.3 Å². The Morgan fingerprint density at radius 3 is 2.34 bits per heavy atom. The molecule has 0 bridgehead atoms. The number of amides is 2. The van der Waals surface area contributed by atoms with Crippen LogP contribution in [0.25, 0.3) is 10.9 Å². The predicted molar refractivity (Wildman–Crippen MR) is 112 cm³/mol. The van der Waals surface area contributed by atoms with E-state index in [1.807, 2.05) is 31.2 Å². The molecule has 2 N–H and O–H groups in total. The highest BCUT2D eigenvalue weighted by Gasteiger charge is 2.11. The number of benzene rings is 2. The fourth-order valence-electron chi connectivity index (χ4n) is 2.67. The van der Waals surface area contributed by atoms with Gasteiger partial charge >= 0.3 is 0 Å². The normalized spacial score (nSPS) is 10.4. The third kappa shape index (κ3) is 5.17. The van der Waals surface area contributed by atoms with Crippen LogP contribution in [0.1, 0.15) is 16.1 Å². The monoisotopic (exact) mass is 411 g/mol. The SMILES string of the molecule is COc1ccc(C(=O)NNC(=O)CSc2cc(C)nc3ccc(OC)cc23)cc1. The molecule has 0 atom stereocenters. The first-order chi connectivity index (χ1) is 14.0. The van der Waals surface area contributed by atoms with Gasteiger partial charge in [0.1, 0.15) is 11.5 Å². The number of aryl methyl sites for hydroxylation is 1. The number of nitrogens with one attached hydrogen (secondary N) is 2. The molecule has 0 spiro atoms. The van der Waals surface area contributed by atoms with E-state index < -0.39 is 5.91 Å². The van der Waals surface area contributed by atoms with Crippen LogP contribution in [0.4, 0.5) is 0 Å². The van der Waals surface area contributed by atoms with Gasteiger partial charge in [-0.25, -0.2) is 0 Å². The largest absolute Gasteiger partial charge is 0.497 e. The fraction of sp³-hybridized carbons (Fsp3) is 0.190. The van der Waals surface area contributed by atoms with Crippen LogP contribution in [0.2, 0.25) is 0 Å². The summed E-state index contributed by atoms with van der Waals surface area (Å²) in [6, 6.07) is 14.2. The van der Waals surface area contributed by atoms with Crippen molar-refractivity contribution in [3.63, 3.8) is 0 Å². The van der Waals surface area contributed by atoms with E-state index in [2.05, 4.69) is 15.8 Å². The molecule has 2 aromatic carbocycles. The standard InChI is InChI=1S/C21H21N3O4S/c1-13-10-19(17-11-16(28-3)8-9-18(17)22-13)29-12-20(25)23-24-21(26)14-4-6-15(27-2)7-5-14/h4-11H,12H2,1-3H3,(H,23,25)(H,24,26). The molecular formula is C21H21N3O4S. The van der Waals surface area contributed by atoms with Gasteiger partial charge in [-0.2, -0.15) is 0 Å². The number of rotatable bonds is 6. The second kappa shape index (κ2) is 9.29. The minimum absolute atomic E-state index is 0.138. The molecule has 29 heavy (non-hydrogen) atoms. The molecule has 0 saturated carbocycles. The van der Waals surface area contributed by atoms with Crippen LogP contribution in [-0.2, 0) is 4.79 Å². The highest BCUT2D eigenvalue weighted by Crippen LogP contribution is 2.30. The van der Waals surface area contributed by atoms with Gasteiger partial charge in [0.2, 0.25) is 5.91 Å². The van der Waals surface area contributed by atoms with E-state index in [4.69, 9.17) is 9.47 Å². The summed E-state index contributed by atoms with van der Waals surface area (Å²) in [6.45, 7) is 1.91. The van der Waals surface area contributed by atoms with Crippen molar-refractivity contribution in [2.75, 3.05) is 20.0 Å². The minimum Gasteiger partial charge on any atom is -0.497 e. The lowest BCUT2D eigenvalue weighted by Gasteiger charge is -2.10. The summed E-state index contributed by atoms with van der Waals surface area (Å²) in [5, 5.41) is 0.912. The first kappa shape index (κ1) is 20.5. The van der Waals surface area contributed by atoms with Crippen LogP contribution in [-0.4, -0.2) is 36.8 Å². The predicted octanol–water partition coefficient (Wildman–Crippen LogP) is 3.11. The maximum Gasteiger partial charge on any atom is 0.269 e. The molecule has 0 aliphatic carbocycles. The van der Waals surface area contributed by atoms with Crippen molar-refractivity contribution in [2.45, 2.75) is 11.8 Å². The molecule has 0 saturated heterocycles. The lowest BCUT2D eigenvalue weighted by atomic mass is 10.2. The molecule has 0 aliphatic rings. The number of carbonyl (C=O) groups excluding carboxylic acids is 2. The first-order valence-electron chi connectivity index (χ1n) is 8.81. The van der Waals surface area contributed by atoms with Crippen molar-refractivity contribution >= 4 is 34.5 Å². The average Bonchev–Trinajstić information content (AvgIpc) is 2.75. The Morgan fingerprint density at radius 1 is 0.966 bits per heavy atom. The smallest absolute Gasteiger partial charge is 0.269 e. The molecule has 2 amide bonds. The molecule has 0 radical (unpaired) electrons. The van der Waals surface area contributed by atoms with Gasteiger partial charge in [-0.3, -0.25) is 25.4 Å². The van der Waals surface area contributed by atoms with Crippen molar-refractivity contribution in [3.05, 3.63) is 59.8 Å². The van der Waals surface area contributed by atoms with Gasteiger partial charge in [0.05, 0.1) is 25.5 Å². The molecule has 7 nitrogen and oxygen atoms in total. The number of carbonyl (C=O) groups is 2. The molecule has 150 valence electrons. The summed E-state index contributed by atoms with van der Waals surface area (Å²) in [5.41, 5.74) is 6.96. The number of aromatic nitrogens is 1. The lowest BCUT2D eigenvalue weighted by Crippen LogP contribution is -2.42. The molecule has 1 heterocycles. The fourth-order valence-corrected chi connectivity index (χ4v) is 3.60. The Morgan fingerprint density at radius 2 is 1.66 bits per heavy atom. The Hall–Kier alpha value is -3.26. The quantitative estimate of drug-likeness (QED) is 0.479. The molecule has 3 aromatic rings. The van der Waals surface area contributed by atoms with Crippen LogP contribution in [0, 0.1) is 6.92 Å². The van der Waals surface area contributed by atoms with Gasteiger partial charge in [-0.1, -0.05) is 0 Å². The Kier molecular flexibility index (Phi) is 6.56. The summed E-state index contributed by atoms with van der Waals surface area (Å²) in [7, 11) is 3.16. The van der Waals surface area contributed by atoms with E-state index in [0.29, 0.717) is 11.3 Å². The van der Waals surface area contributed by atoms with E-state index in [0.717, 1.165) is 27.2 Å². The van der Waals surface area contributed by atoms with E-state index >= 15 is 0 Å². The van der Waals surface area contributed by atoms with E-state index in [1.165, 1.54) is 11.8 Å². The number of hydrazine groups is 1. The number of hydrogen-bond donors (Lipinski definition) is 2. The van der Waals surface area contributed by atoms with Crippen molar-refractivity contribution in [1.82, 2.24) is 15.8 Å². The van der Waals surface area contributed by atoms with Crippen LogP contribution in [0.5, 0.6) is 11.5 Å². The maximum atomic E-state index is 12.2. The van der Waals surface area contributed by atoms with Gasteiger partial charge in [-0.05, 0) is 55.5 Å². The number of thioether (sulfide) groups is 1. The third-order valence-corrected chi connectivity index (χ3v) is 5.19. The zero-order valence-electron chi connectivity index (χ0n) is 16.3. The van der Waals surface area contributed by atoms with Crippen molar-refractivity contribution < 1.29 is 19.1 Å². The molecule has 0 aliphatic heterocycles. The average molecular weight is 411 g/mol. The third-order valence-electron chi connectivity index (χ3n) is 4.13. The molecule has 0 fully saturated rings. The summed E-state index contributed by atoms with van der Waals surface area (Å²) in [6.07, 6.45) is 0. The zero-order valence-corrected chi connectivity index (χ0v) is 17.1. The first-order valence-corrected chi connectivity index (χ1v) is 9.80. The van der Waals surface area contributed by atoms with Gasteiger partial charge in [0.25, 0.3) is 5.91 Å². The molecule has 8 heteroatoms. The number of pyridine rings is 1. The summed E-state index contributed by atoms with van der Waals surface area (Å²) < 4.78 is 10.3. The lowest BCUT2D eigenvalue weighted by molar-refractivity contribution is -0.119. The van der Waals surface area contributed by atoms with Gasteiger partial charge in [-0.15, -0.1) is 11.8 Å². The molecule has 3 rings (SSSR count). The van der Waals surface area contributed by atoms with Crippen LogP contribution >= 0.6 is 11.8 Å². The number of ether oxygens (including phenoxy) is 2. The van der Waals surface area contributed by atoms with E-state index in [1.54, 1.807) is 38.5 Å². The van der Waals surface area contributed by atoms with E-state index in [9.17, 15) is 9.59 Å². The highest BCUT2D eigenvalue weighted by atomic mass is 32.2. The summed E-state index contributed by atoms with van der Waals surface area (Å²) in [5.74, 6) is 0.793. The summed E-state index contributed by atoms with van der Waals surface area (Å²) in [4.78, 5) is 29.7. The van der Waals surface area contributed by atoms with E-state index in [-0.39, 0.29) is 11.7 Å². The molecule has 0 unspecified atom stereocenters. The Labute approximate surface area is 172 Å². The Bertz CT molecular complexity index is 1040. The second-order valence-corrected chi connectivity index (χ2v) is 7.18. The van der Waals surface area contributed by atoms with Gasteiger partial charge < -0.3 is 9.47 Å². The van der Waals surface area contributed by atoms with Gasteiger partial charge in [0.15, 0.2) is 0 Å². The Balaban J connectivity index is 1.61. The van der Waals surface area contributed by atoms with Gasteiger partial charge in [0, 0.05) is 21.5 Å². The van der Waals surface area contributed by atoms with Crippen molar-refractivity contribution in [3.8, 4) is 11.5 Å². The second-order valence-electron chi connectivity index (χ2n) is 6.16. The van der Waals surface area contributed by atoms with Crippen LogP contribution in [0.15, 0.2) is 53.4 Å². The number of fused-ring (bicyclic) bond motifs is 1. The minimum atomic E-state index is -0.402. The van der Waals surface area contributed by atoms with Crippen LogP contribution in [0.3, 0.4) is 0 Å². The van der Waals surface area contributed by atoms with Crippen molar-refractivity contribution in [1.29, 1.82) is 0 Å².